The Hall–Kier alpha value is -2.06. The molecule has 8 heteroatoms. The van der Waals surface area contributed by atoms with Gasteiger partial charge in [-0.25, -0.2) is 4.98 Å². The quantitative estimate of drug-likeness (QED) is 0.755. The number of halogens is 1. The molecule has 1 aromatic heterocycles. The van der Waals surface area contributed by atoms with Crippen molar-refractivity contribution in [3.63, 3.8) is 0 Å². The fourth-order valence-corrected chi connectivity index (χ4v) is 3.57. The lowest BCUT2D eigenvalue weighted by Crippen LogP contribution is -2.31. The summed E-state index contributed by atoms with van der Waals surface area (Å²) in [5.41, 5.74) is 8.54. The molecule has 1 atom stereocenters. The predicted octanol–water partition coefficient (Wildman–Crippen LogP) is 2.01. The lowest BCUT2D eigenvalue weighted by atomic mass is 10.2. The van der Waals surface area contributed by atoms with Crippen LogP contribution in [-0.2, 0) is 7.05 Å². The Morgan fingerprint density at radius 2 is 2.16 bits per heavy atom. The number of nitrogens with zero attached hydrogens (tertiary/aromatic N) is 4. The van der Waals surface area contributed by atoms with Gasteiger partial charge in [-0.3, -0.25) is 4.79 Å². The van der Waals surface area contributed by atoms with Crippen LogP contribution in [0.4, 0.5) is 22.9 Å². The number of hydrogen-bond acceptors (Lipinski definition) is 6. The van der Waals surface area contributed by atoms with Crippen LogP contribution < -0.4 is 21.5 Å². The lowest BCUT2D eigenvalue weighted by molar-refractivity contribution is 0.315. The van der Waals surface area contributed by atoms with Gasteiger partial charge in [0.25, 0.3) is 5.56 Å². The number of aromatic nitrogens is 2. The molecule has 1 fully saturated rings. The first-order valence-electron chi connectivity index (χ1n) is 8.16. The molecule has 7 nitrogen and oxygen atoms in total. The van der Waals surface area contributed by atoms with Crippen molar-refractivity contribution < 1.29 is 0 Å². The molecule has 1 saturated heterocycles. The average Bonchev–Trinajstić information content (AvgIpc) is 3.02. The van der Waals surface area contributed by atoms with Crippen molar-refractivity contribution in [2.24, 2.45) is 7.05 Å². The van der Waals surface area contributed by atoms with Crippen LogP contribution in [0.15, 0.2) is 33.8 Å². The number of anilines is 4. The molecule has 25 heavy (non-hydrogen) atoms. The molecule has 3 N–H and O–H groups in total. The number of aryl methyl sites for hydroxylation is 1. The summed E-state index contributed by atoms with van der Waals surface area (Å²) in [6.07, 6.45) is 2.75. The van der Waals surface area contributed by atoms with Gasteiger partial charge in [0.2, 0.25) is 0 Å². The highest BCUT2D eigenvalue weighted by Gasteiger charge is 2.25. The predicted molar refractivity (Wildman–Crippen MR) is 106 cm³/mol. The van der Waals surface area contributed by atoms with E-state index in [-0.39, 0.29) is 11.4 Å². The van der Waals surface area contributed by atoms with E-state index in [1.807, 2.05) is 18.2 Å². The minimum absolute atomic E-state index is 0.195. The van der Waals surface area contributed by atoms with Gasteiger partial charge in [0.1, 0.15) is 4.60 Å². The van der Waals surface area contributed by atoms with Crippen LogP contribution in [0.3, 0.4) is 0 Å². The van der Waals surface area contributed by atoms with E-state index >= 15 is 0 Å². The van der Waals surface area contributed by atoms with E-state index in [0.717, 1.165) is 30.9 Å². The fourth-order valence-electron chi connectivity index (χ4n) is 3.09. The summed E-state index contributed by atoms with van der Waals surface area (Å²) in [6, 6.07) is 6.32. The molecule has 0 saturated carbocycles. The zero-order valence-corrected chi connectivity index (χ0v) is 16.2. The summed E-state index contributed by atoms with van der Waals surface area (Å²) in [5.74, 6) is 0.262. The SMILES string of the molecule is CN(C)[C@H]1CCN(c2ccc(Nc3nc(Br)cn(C)c3=O)cc2N)C1. The van der Waals surface area contributed by atoms with Gasteiger partial charge < -0.3 is 25.4 Å². The Morgan fingerprint density at radius 1 is 1.40 bits per heavy atom. The van der Waals surface area contributed by atoms with E-state index in [2.05, 4.69) is 50.1 Å². The lowest BCUT2D eigenvalue weighted by Gasteiger charge is -2.23. The standard InChI is InChI=1S/C17H23BrN6O/c1-22(2)12-6-7-24(9-12)14-5-4-11(8-13(14)19)20-16-17(25)23(3)10-15(18)21-16/h4-5,8,10,12H,6-7,9,19H2,1-3H3,(H,20,21)/t12-/m0/s1. The summed E-state index contributed by atoms with van der Waals surface area (Å²) in [6.45, 7) is 1.96. The Bertz CT molecular complexity index is 834. The summed E-state index contributed by atoms with van der Waals surface area (Å²) in [5, 5.41) is 3.06. The average molecular weight is 407 g/mol. The van der Waals surface area contributed by atoms with Crippen molar-refractivity contribution in [3.05, 3.63) is 39.4 Å². The van der Waals surface area contributed by atoms with E-state index in [0.29, 0.717) is 16.3 Å². The summed E-state index contributed by atoms with van der Waals surface area (Å²) in [7, 11) is 5.90. The first kappa shape index (κ1) is 17.8. The van der Waals surface area contributed by atoms with Crippen LogP contribution in [0.5, 0.6) is 0 Å². The van der Waals surface area contributed by atoms with Crippen molar-refractivity contribution in [2.45, 2.75) is 12.5 Å². The third kappa shape index (κ3) is 3.80. The maximum absolute atomic E-state index is 12.2. The molecule has 2 heterocycles. The molecule has 0 aliphatic carbocycles. The fraction of sp³-hybridized carbons (Fsp3) is 0.412. The van der Waals surface area contributed by atoms with Gasteiger partial charge in [0, 0.05) is 38.1 Å². The highest BCUT2D eigenvalue weighted by molar-refractivity contribution is 9.10. The Balaban J connectivity index is 1.80. The monoisotopic (exact) mass is 406 g/mol. The number of nitrogens with two attached hydrogens (primary N) is 1. The molecule has 0 unspecified atom stereocenters. The molecule has 1 aliphatic heterocycles. The number of nitrogens with one attached hydrogen (secondary N) is 1. The first-order chi connectivity index (χ1) is 11.8. The molecule has 0 amide bonds. The van der Waals surface area contributed by atoms with E-state index < -0.39 is 0 Å². The minimum Gasteiger partial charge on any atom is -0.397 e. The van der Waals surface area contributed by atoms with Crippen LogP contribution in [0.1, 0.15) is 6.42 Å². The molecular formula is C17H23BrN6O. The Kier molecular flexibility index (Phi) is 5.01. The van der Waals surface area contributed by atoms with Gasteiger partial charge >= 0.3 is 0 Å². The van der Waals surface area contributed by atoms with E-state index in [1.54, 1.807) is 13.2 Å². The third-order valence-electron chi connectivity index (χ3n) is 4.57. The van der Waals surface area contributed by atoms with Crippen molar-refractivity contribution in [2.75, 3.05) is 43.1 Å². The second-order valence-electron chi connectivity index (χ2n) is 6.58. The second kappa shape index (κ2) is 7.05. The van der Waals surface area contributed by atoms with Crippen molar-refractivity contribution >= 4 is 38.8 Å². The second-order valence-corrected chi connectivity index (χ2v) is 7.39. The molecule has 2 aromatic rings. The number of rotatable bonds is 4. The van der Waals surface area contributed by atoms with Crippen LogP contribution >= 0.6 is 15.9 Å². The Morgan fingerprint density at radius 3 is 2.80 bits per heavy atom. The third-order valence-corrected chi connectivity index (χ3v) is 4.95. The molecule has 1 aromatic carbocycles. The first-order valence-corrected chi connectivity index (χ1v) is 8.95. The van der Waals surface area contributed by atoms with Gasteiger partial charge in [-0.2, -0.15) is 0 Å². The molecule has 0 radical (unpaired) electrons. The summed E-state index contributed by atoms with van der Waals surface area (Å²) >= 11 is 3.30. The van der Waals surface area contributed by atoms with Gasteiger partial charge in [-0.1, -0.05) is 0 Å². The molecule has 1 aliphatic rings. The molecular weight excluding hydrogens is 384 g/mol. The number of hydrogen-bond donors (Lipinski definition) is 2. The molecule has 134 valence electrons. The zero-order valence-electron chi connectivity index (χ0n) is 14.7. The van der Waals surface area contributed by atoms with E-state index in [9.17, 15) is 4.79 Å². The van der Waals surface area contributed by atoms with Crippen LogP contribution in [0.25, 0.3) is 0 Å². The van der Waals surface area contributed by atoms with Crippen LogP contribution in [-0.4, -0.2) is 47.7 Å². The zero-order chi connectivity index (χ0) is 18.1. The van der Waals surface area contributed by atoms with Crippen LogP contribution in [0.2, 0.25) is 0 Å². The largest absolute Gasteiger partial charge is 0.397 e. The number of benzene rings is 1. The van der Waals surface area contributed by atoms with Gasteiger partial charge in [0.05, 0.1) is 11.4 Å². The number of nitrogen functional groups attached to an aromatic ring is 1. The van der Waals surface area contributed by atoms with Gasteiger partial charge in [-0.15, -0.1) is 0 Å². The maximum Gasteiger partial charge on any atom is 0.293 e. The van der Waals surface area contributed by atoms with Crippen molar-refractivity contribution in [3.8, 4) is 0 Å². The molecule has 3 rings (SSSR count). The van der Waals surface area contributed by atoms with E-state index in [1.165, 1.54) is 4.57 Å². The van der Waals surface area contributed by atoms with Crippen molar-refractivity contribution in [1.29, 1.82) is 0 Å². The number of likely N-dealkylation sites (N-methyl/N-ethyl adjacent to an activating group) is 1. The molecule has 0 bridgehead atoms. The smallest absolute Gasteiger partial charge is 0.293 e. The highest BCUT2D eigenvalue weighted by atomic mass is 79.9. The molecule has 0 spiro atoms. The Labute approximate surface area is 155 Å². The van der Waals surface area contributed by atoms with Gasteiger partial charge in [0.15, 0.2) is 5.82 Å². The summed E-state index contributed by atoms with van der Waals surface area (Å²) < 4.78 is 2.07. The maximum atomic E-state index is 12.2. The summed E-state index contributed by atoms with van der Waals surface area (Å²) in [4.78, 5) is 20.9. The topological polar surface area (TPSA) is 79.4 Å². The normalized spacial score (nSPS) is 17.3. The van der Waals surface area contributed by atoms with Crippen molar-refractivity contribution in [1.82, 2.24) is 14.5 Å². The minimum atomic E-state index is -0.195. The van der Waals surface area contributed by atoms with Crippen LogP contribution in [0, 0.1) is 0 Å². The van der Waals surface area contributed by atoms with Gasteiger partial charge in [-0.05, 0) is 54.6 Å². The highest BCUT2D eigenvalue weighted by Crippen LogP contribution is 2.30. The van der Waals surface area contributed by atoms with E-state index in [4.69, 9.17) is 5.73 Å².